The van der Waals surface area contributed by atoms with Crippen LogP contribution in [-0.4, -0.2) is 26.7 Å². The summed E-state index contributed by atoms with van der Waals surface area (Å²) < 4.78 is 1.70. The van der Waals surface area contributed by atoms with E-state index in [2.05, 4.69) is 24.9 Å². The van der Waals surface area contributed by atoms with Crippen molar-refractivity contribution in [3.8, 4) is 0 Å². The highest BCUT2D eigenvalue weighted by molar-refractivity contribution is 5.82. The van der Waals surface area contributed by atoms with Crippen LogP contribution in [0.15, 0.2) is 30.4 Å². The fourth-order valence-electron chi connectivity index (χ4n) is 7.62. The number of aromatic nitrogens is 2. The summed E-state index contributed by atoms with van der Waals surface area (Å²) in [6.07, 6.45) is 16.2. The van der Waals surface area contributed by atoms with Gasteiger partial charge < -0.3 is 5.11 Å². The minimum Gasteiger partial charge on any atom is -0.393 e. The highest BCUT2D eigenvalue weighted by Gasteiger charge is 2.59. The minimum atomic E-state index is -0.140. The van der Waals surface area contributed by atoms with E-state index in [0.29, 0.717) is 11.8 Å². The molecule has 0 bridgehead atoms. The molecule has 0 radical (unpaired) electrons. The van der Waals surface area contributed by atoms with Crippen LogP contribution in [0.5, 0.6) is 0 Å². The molecule has 0 spiro atoms. The quantitative estimate of drug-likeness (QED) is 0.745. The molecule has 3 fully saturated rings. The standard InChI is InChI=1S/C23H32N2O2/c1-22-9-7-16(26)13-15(22)3-4-17-18-5-6-20(21(27)25-12-11-24-14-25)23(18,2)10-8-19(17)22/h3,11-12,14,16-20,26H,4-10,13H2,1-2H3/t16-,17-,18-,19-,20+,22-,23-/m0/s1. The van der Waals surface area contributed by atoms with Crippen LogP contribution < -0.4 is 0 Å². The number of aliphatic hydroxyl groups is 1. The van der Waals surface area contributed by atoms with Crippen LogP contribution in [0.3, 0.4) is 0 Å². The molecule has 4 heteroatoms. The first-order valence-electron chi connectivity index (χ1n) is 10.8. The number of aliphatic hydroxyl groups excluding tert-OH is 1. The van der Waals surface area contributed by atoms with Gasteiger partial charge in [0.1, 0.15) is 6.33 Å². The van der Waals surface area contributed by atoms with E-state index in [1.54, 1.807) is 23.3 Å². The summed E-state index contributed by atoms with van der Waals surface area (Å²) in [5, 5.41) is 10.2. The summed E-state index contributed by atoms with van der Waals surface area (Å²) in [6.45, 7) is 4.86. The number of nitrogens with zero attached hydrogens (tertiary/aromatic N) is 2. The van der Waals surface area contributed by atoms with E-state index < -0.39 is 0 Å². The second-order valence-electron chi connectivity index (χ2n) is 10.1. The second kappa shape index (κ2) is 6.04. The topological polar surface area (TPSA) is 55.1 Å². The molecule has 0 aliphatic heterocycles. The molecule has 0 saturated heterocycles. The molecular formula is C23H32N2O2. The number of allylic oxidation sites excluding steroid dienone is 1. The largest absolute Gasteiger partial charge is 0.393 e. The van der Waals surface area contributed by atoms with Gasteiger partial charge in [-0.15, -0.1) is 0 Å². The van der Waals surface area contributed by atoms with Crippen LogP contribution in [0, 0.1) is 34.5 Å². The number of carbonyl (C=O) groups is 1. The highest BCUT2D eigenvalue weighted by Crippen LogP contribution is 2.66. The maximum absolute atomic E-state index is 13.1. The Hall–Kier alpha value is -1.42. The Bertz CT molecular complexity index is 769. The van der Waals surface area contributed by atoms with E-state index in [4.69, 9.17) is 0 Å². The van der Waals surface area contributed by atoms with E-state index in [-0.39, 0.29) is 28.8 Å². The highest BCUT2D eigenvalue weighted by atomic mass is 16.3. The Labute approximate surface area is 162 Å². The van der Waals surface area contributed by atoms with Gasteiger partial charge in [-0.2, -0.15) is 0 Å². The van der Waals surface area contributed by atoms with Crippen molar-refractivity contribution in [3.63, 3.8) is 0 Å². The van der Waals surface area contributed by atoms with Gasteiger partial charge in [-0.25, -0.2) is 4.98 Å². The molecule has 4 aliphatic rings. The first-order valence-corrected chi connectivity index (χ1v) is 10.8. The molecule has 3 saturated carbocycles. The van der Waals surface area contributed by atoms with Crippen molar-refractivity contribution < 1.29 is 9.90 Å². The van der Waals surface area contributed by atoms with Crippen LogP contribution in [0.2, 0.25) is 0 Å². The lowest BCUT2D eigenvalue weighted by Gasteiger charge is -2.57. The van der Waals surface area contributed by atoms with Crippen LogP contribution in [0.1, 0.15) is 70.0 Å². The average Bonchev–Trinajstić information content (AvgIpc) is 3.29. The Kier molecular flexibility index (Phi) is 3.95. The van der Waals surface area contributed by atoms with Gasteiger partial charge in [-0.3, -0.25) is 9.36 Å². The molecule has 0 amide bonds. The van der Waals surface area contributed by atoms with Gasteiger partial charge in [0.15, 0.2) is 0 Å². The monoisotopic (exact) mass is 368 g/mol. The lowest BCUT2D eigenvalue weighted by molar-refractivity contribution is -0.0468. The maximum atomic E-state index is 13.1. The van der Waals surface area contributed by atoms with Crippen LogP contribution in [-0.2, 0) is 0 Å². The summed E-state index contributed by atoms with van der Waals surface area (Å²) >= 11 is 0. The molecule has 5 rings (SSSR count). The molecule has 1 heterocycles. The van der Waals surface area contributed by atoms with Gasteiger partial charge in [0.25, 0.3) is 0 Å². The smallest absolute Gasteiger partial charge is 0.235 e. The van der Waals surface area contributed by atoms with Gasteiger partial charge in [-0.1, -0.05) is 25.5 Å². The van der Waals surface area contributed by atoms with Crippen molar-refractivity contribution in [2.24, 2.45) is 34.5 Å². The fraction of sp³-hybridized carbons (Fsp3) is 0.739. The summed E-state index contributed by atoms with van der Waals surface area (Å²) in [5.41, 5.74) is 1.92. The lowest BCUT2D eigenvalue weighted by atomic mass is 9.47. The zero-order chi connectivity index (χ0) is 18.8. The van der Waals surface area contributed by atoms with Gasteiger partial charge in [-0.05, 0) is 80.0 Å². The van der Waals surface area contributed by atoms with E-state index in [1.165, 1.54) is 18.4 Å². The molecule has 1 aromatic rings. The van der Waals surface area contributed by atoms with Crippen molar-refractivity contribution >= 4 is 5.91 Å². The third-order valence-electron chi connectivity index (χ3n) is 9.13. The summed E-state index contributed by atoms with van der Waals surface area (Å²) in [6, 6.07) is 0. The molecule has 146 valence electrons. The number of imidazole rings is 1. The van der Waals surface area contributed by atoms with Crippen molar-refractivity contribution in [1.82, 2.24) is 9.55 Å². The number of rotatable bonds is 1. The van der Waals surface area contributed by atoms with Crippen LogP contribution in [0.4, 0.5) is 0 Å². The molecule has 4 aliphatic carbocycles. The molecule has 27 heavy (non-hydrogen) atoms. The summed E-state index contributed by atoms with van der Waals surface area (Å²) in [5.74, 6) is 2.45. The fourth-order valence-corrected chi connectivity index (χ4v) is 7.62. The third-order valence-corrected chi connectivity index (χ3v) is 9.13. The minimum absolute atomic E-state index is 0.123. The summed E-state index contributed by atoms with van der Waals surface area (Å²) in [4.78, 5) is 17.2. The molecule has 0 aromatic carbocycles. The third kappa shape index (κ3) is 2.45. The zero-order valence-corrected chi connectivity index (χ0v) is 16.6. The van der Waals surface area contributed by atoms with Crippen molar-refractivity contribution in [2.45, 2.75) is 71.3 Å². The lowest BCUT2D eigenvalue weighted by Crippen LogP contribution is -2.51. The Morgan fingerprint density at radius 3 is 2.81 bits per heavy atom. The maximum Gasteiger partial charge on any atom is 0.235 e. The molecule has 0 unspecified atom stereocenters. The first-order chi connectivity index (χ1) is 12.9. The predicted molar refractivity (Wildman–Crippen MR) is 104 cm³/mol. The van der Waals surface area contributed by atoms with E-state index >= 15 is 0 Å². The van der Waals surface area contributed by atoms with Gasteiger partial charge in [0.05, 0.1) is 6.10 Å². The normalized spacial score (nSPS) is 46.2. The Morgan fingerprint density at radius 1 is 1.19 bits per heavy atom. The number of hydrogen-bond acceptors (Lipinski definition) is 3. The van der Waals surface area contributed by atoms with Crippen molar-refractivity contribution in [1.29, 1.82) is 0 Å². The Morgan fingerprint density at radius 2 is 2.04 bits per heavy atom. The van der Waals surface area contributed by atoms with Crippen LogP contribution in [0.25, 0.3) is 0 Å². The van der Waals surface area contributed by atoms with Gasteiger partial charge in [0, 0.05) is 18.3 Å². The van der Waals surface area contributed by atoms with Crippen molar-refractivity contribution in [3.05, 3.63) is 30.4 Å². The number of hydrogen-bond donors (Lipinski definition) is 1. The molecule has 1 aromatic heterocycles. The zero-order valence-electron chi connectivity index (χ0n) is 16.6. The SMILES string of the molecule is C[C@]12CC[C@H]3[C@@H](CC=C4C[C@@H](O)CC[C@@]43C)[C@@H]1CC[C@@H]2C(=O)n1ccnc1. The van der Waals surface area contributed by atoms with E-state index in [1.807, 2.05) is 0 Å². The number of carbonyl (C=O) groups excluding carboxylic acids is 1. The first kappa shape index (κ1) is 17.7. The average molecular weight is 369 g/mol. The second-order valence-corrected chi connectivity index (χ2v) is 10.1. The molecular weight excluding hydrogens is 336 g/mol. The predicted octanol–water partition coefficient (Wildman–Crippen LogP) is 4.46. The summed E-state index contributed by atoms with van der Waals surface area (Å²) in [7, 11) is 0. The molecule has 1 N–H and O–H groups in total. The molecule has 7 atom stereocenters. The van der Waals surface area contributed by atoms with Crippen molar-refractivity contribution in [2.75, 3.05) is 0 Å². The van der Waals surface area contributed by atoms with Gasteiger partial charge >= 0.3 is 0 Å². The number of fused-ring (bicyclic) bond motifs is 5. The van der Waals surface area contributed by atoms with E-state index in [9.17, 15) is 9.90 Å². The van der Waals surface area contributed by atoms with Crippen LogP contribution >= 0.6 is 0 Å². The van der Waals surface area contributed by atoms with E-state index in [0.717, 1.165) is 44.4 Å². The Balaban J connectivity index is 1.44. The van der Waals surface area contributed by atoms with Gasteiger partial charge in [0.2, 0.25) is 5.91 Å². The molecule has 4 nitrogen and oxygen atoms in total.